The molecule has 2 heteroatoms. The van der Waals surface area contributed by atoms with Gasteiger partial charge in [-0.1, -0.05) is 49.4 Å². The van der Waals surface area contributed by atoms with Crippen molar-refractivity contribution in [2.24, 2.45) is 0 Å². The van der Waals surface area contributed by atoms with Crippen molar-refractivity contribution in [1.29, 1.82) is 0 Å². The summed E-state index contributed by atoms with van der Waals surface area (Å²) in [5.41, 5.74) is 2.95. The maximum Gasteiger partial charge on any atom is 0.235 e. The Morgan fingerprint density at radius 2 is 1.65 bits per heavy atom. The first-order valence-electron chi connectivity index (χ1n) is 5.85. The maximum absolute atomic E-state index is 10.6. The van der Waals surface area contributed by atoms with E-state index in [1.54, 1.807) is 0 Å². The third kappa shape index (κ3) is 1.45. The number of hydrogen-bond donors (Lipinski definition) is 1. The number of fused-ring (bicyclic) bond motifs is 3. The second-order valence-electron chi connectivity index (χ2n) is 4.28. The third-order valence-corrected chi connectivity index (χ3v) is 3.28. The number of ether oxygens (including phenoxy) is 1. The normalized spacial score (nSPS) is 21.3. The van der Waals surface area contributed by atoms with E-state index in [0.29, 0.717) is 6.42 Å². The maximum atomic E-state index is 10.6. The number of para-hydroxylation sites is 1. The molecular formula is C15H14O2. The molecule has 3 rings (SSSR count). The Morgan fingerprint density at radius 3 is 2.41 bits per heavy atom. The first kappa shape index (κ1) is 10.4. The number of rotatable bonds is 1. The van der Waals surface area contributed by atoms with Gasteiger partial charge in [-0.3, -0.25) is 0 Å². The molecule has 0 spiro atoms. The molecule has 0 bridgehead atoms. The highest BCUT2D eigenvalue weighted by Crippen LogP contribution is 2.44. The van der Waals surface area contributed by atoms with E-state index >= 15 is 0 Å². The summed E-state index contributed by atoms with van der Waals surface area (Å²) in [6.45, 7) is 1.92. The van der Waals surface area contributed by atoms with Crippen LogP contribution in [0.5, 0.6) is 5.75 Å². The molecule has 1 atom stereocenters. The van der Waals surface area contributed by atoms with E-state index in [2.05, 4.69) is 0 Å². The van der Waals surface area contributed by atoms with Crippen molar-refractivity contribution in [3.05, 3.63) is 54.1 Å². The Hall–Kier alpha value is -1.80. The first-order valence-corrected chi connectivity index (χ1v) is 5.85. The van der Waals surface area contributed by atoms with Gasteiger partial charge in [0.1, 0.15) is 5.75 Å². The van der Waals surface area contributed by atoms with Gasteiger partial charge in [0.15, 0.2) is 0 Å². The van der Waals surface area contributed by atoms with Crippen LogP contribution in [0.2, 0.25) is 0 Å². The number of aliphatic hydroxyl groups is 1. The minimum atomic E-state index is -1.20. The lowest BCUT2D eigenvalue weighted by Gasteiger charge is -2.35. The molecule has 1 heterocycles. The molecule has 1 aliphatic rings. The van der Waals surface area contributed by atoms with Gasteiger partial charge in [0.05, 0.1) is 0 Å². The van der Waals surface area contributed by atoms with Crippen LogP contribution in [0.25, 0.3) is 11.1 Å². The summed E-state index contributed by atoms with van der Waals surface area (Å²) in [6.07, 6.45) is 0.526. The van der Waals surface area contributed by atoms with Crippen LogP contribution in [0.1, 0.15) is 18.9 Å². The highest BCUT2D eigenvalue weighted by Gasteiger charge is 2.36. The average Bonchev–Trinajstić information content (AvgIpc) is 2.39. The molecule has 0 saturated carbocycles. The topological polar surface area (TPSA) is 29.5 Å². The minimum absolute atomic E-state index is 0.526. The third-order valence-electron chi connectivity index (χ3n) is 3.28. The van der Waals surface area contributed by atoms with Crippen molar-refractivity contribution in [2.45, 2.75) is 19.1 Å². The van der Waals surface area contributed by atoms with E-state index in [0.717, 1.165) is 22.4 Å². The molecule has 0 amide bonds. The molecule has 0 radical (unpaired) electrons. The van der Waals surface area contributed by atoms with Crippen LogP contribution in [0.3, 0.4) is 0 Å². The summed E-state index contributed by atoms with van der Waals surface area (Å²) >= 11 is 0. The largest absolute Gasteiger partial charge is 0.458 e. The molecule has 2 aromatic carbocycles. The second-order valence-corrected chi connectivity index (χ2v) is 4.28. The van der Waals surface area contributed by atoms with Crippen molar-refractivity contribution in [3.63, 3.8) is 0 Å². The van der Waals surface area contributed by atoms with Crippen LogP contribution in [-0.2, 0) is 5.79 Å². The van der Waals surface area contributed by atoms with Crippen molar-refractivity contribution < 1.29 is 9.84 Å². The predicted octanol–water partition coefficient (Wildman–Crippen LogP) is 3.30. The SMILES string of the molecule is CCC1(O)Oc2ccccc2-c2ccccc21. The molecule has 0 aliphatic carbocycles. The molecule has 86 valence electrons. The molecule has 1 unspecified atom stereocenters. The molecular weight excluding hydrogens is 212 g/mol. The van der Waals surface area contributed by atoms with Crippen LogP contribution >= 0.6 is 0 Å². The van der Waals surface area contributed by atoms with Crippen molar-refractivity contribution in [1.82, 2.24) is 0 Å². The van der Waals surface area contributed by atoms with Crippen LogP contribution in [0, 0.1) is 0 Å². The van der Waals surface area contributed by atoms with Gasteiger partial charge in [0, 0.05) is 17.5 Å². The van der Waals surface area contributed by atoms with Gasteiger partial charge < -0.3 is 9.84 Å². The number of benzene rings is 2. The summed E-state index contributed by atoms with van der Waals surface area (Å²) < 4.78 is 5.75. The van der Waals surface area contributed by atoms with E-state index in [1.165, 1.54) is 0 Å². The lowest BCUT2D eigenvalue weighted by Crippen LogP contribution is -2.35. The van der Waals surface area contributed by atoms with E-state index in [4.69, 9.17) is 4.74 Å². The van der Waals surface area contributed by atoms with Crippen LogP contribution in [0.4, 0.5) is 0 Å². The molecule has 0 aromatic heterocycles. The zero-order valence-electron chi connectivity index (χ0n) is 9.68. The van der Waals surface area contributed by atoms with Crippen LogP contribution < -0.4 is 4.74 Å². The summed E-state index contributed by atoms with van der Waals surface area (Å²) in [6, 6.07) is 15.7. The first-order chi connectivity index (χ1) is 8.24. The monoisotopic (exact) mass is 226 g/mol. The molecule has 2 nitrogen and oxygen atoms in total. The average molecular weight is 226 g/mol. The summed E-state index contributed by atoms with van der Waals surface area (Å²) in [5, 5.41) is 10.6. The lowest BCUT2D eigenvalue weighted by molar-refractivity contribution is -0.149. The van der Waals surface area contributed by atoms with E-state index in [1.807, 2.05) is 55.5 Å². The van der Waals surface area contributed by atoms with Crippen molar-refractivity contribution in [2.75, 3.05) is 0 Å². The quantitative estimate of drug-likeness (QED) is 0.808. The van der Waals surface area contributed by atoms with E-state index < -0.39 is 5.79 Å². The molecule has 1 aliphatic heterocycles. The molecule has 1 N–H and O–H groups in total. The zero-order chi connectivity index (χ0) is 11.9. The predicted molar refractivity (Wildman–Crippen MR) is 66.7 cm³/mol. The molecule has 0 fully saturated rings. The van der Waals surface area contributed by atoms with Gasteiger partial charge in [-0.05, 0) is 11.6 Å². The molecule has 17 heavy (non-hydrogen) atoms. The van der Waals surface area contributed by atoms with Gasteiger partial charge in [-0.15, -0.1) is 0 Å². The standard InChI is InChI=1S/C15H14O2/c1-2-15(16)13-9-5-3-7-11(13)12-8-4-6-10-14(12)17-15/h3-10,16H,2H2,1H3. The lowest BCUT2D eigenvalue weighted by atomic mass is 9.89. The fraction of sp³-hybridized carbons (Fsp3) is 0.200. The highest BCUT2D eigenvalue weighted by molar-refractivity contribution is 5.76. The van der Waals surface area contributed by atoms with Crippen LogP contribution in [-0.4, -0.2) is 5.11 Å². The zero-order valence-corrected chi connectivity index (χ0v) is 9.68. The van der Waals surface area contributed by atoms with Crippen LogP contribution in [0.15, 0.2) is 48.5 Å². The van der Waals surface area contributed by atoms with Gasteiger partial charge >= 0.3 is 0 Å². The van der Waals surface area contributed by atoms with Gasteiger partial charge in [-0.25, -0.2) is 0 Å². The fourth-order valence-electron chi connectivity index (χ4n) is 2.34. The number of hydrogen-bond acceptors (Lipinski definition) is 2. The van der Waals surface area contributed by atoms with Crippen molar-refractivity contribution >= 4 is 0 Å². The fourth-order valence-corrected chi connectivity index (χ4v) is 2.34. The van der Waals surface area contributed by atoms with E-state index in [9.17, 15) is 5.11 Å². The highest BCUT2D eigenvalue weighted by atomic mass is 16.6. The van der Waals surface area contributed by atoms with E-state index in [-0.39, 0.29) is 0 Å². The Labute approximate surface area is 100 Å². The Balaban J connectivity index is 2.30. The van der Waals surface area contributed by atoms with Gasteiger partial charge in [0.2, 0.25) is 5.79 Å². The summed E-state index contributed by atoms with van der Waals surface area (Å²) in [5.74, 6) is -0.458. The minimum Gasteiger partial charge on any atom is -0.458 e. The van der Waals surface area contributed by atoms with Crippen molar-refractivity contribution in [3.8, 4) is 16.9 Å². The second kappa shape index (κ2) is 3.60. The summed E-state index contributed by atoms with van der Waals surface area (Å²) in [4.78, 5) is 0. The Kier molecular flexibility index (Phi) is 2.20. The van der Waals surface area contributed by atoms with Gasteiger partial charge in [-0.2, -0.15) is 0 Å². The Bertz CT molecular complexity index is 562. The van der Waals surface area contributed by atoms with Gasteiger partial charge in [0.25, 0.3) is 0 Å². The summed E-state index contributed by atoms with van der Waals surface area (Å²) in [7, 11) is 0. The molecule has 0 saturated heterocycles. The Morgan fingerprint density at radius 1 is 1.00 bits per heavy atom. The smallest absolute Gasteiger partial charge is 0.235 e. The molecule has 2 aromatic rings.